The van der Waals surface area contributed by atoms with Crippen molar-refractivity contribution in [1.82, 2.24) is 9.29 Å². The molecule has 0 aliphatic heterocycles. The molecule has 0 fully saturated rings. The molecule has 0 aliphatic rings. The Morgan fingerprint density at radius 2 is 2.19 bits per heavy atom. The van der Waals surface area contributed by atoms with Crippen molar-refractivity contribution in [1.29, 1.82) is 0 Å². The van der Waals surface area contributed by atoms with Crippen molar-refractivity contribution in [2.24, 2.45) is 0 Å². The van der Waals surface area contributed by atoms with Gasteiger partial charge in [0.1, 0.15) is 10.7 Å². The molecular formula is C12H11FN2O4S2. The normalized spacial score (nSPS) is 11.8. The number of hydrogen-bond acceptors (Lipinski definition) is 5. The molecule has 0 radical (unpaired) electrons. The lowest BCUT2D eigenvalue weighted by molar-refractivity contribution is 0.0696. The van der Waals surface area contributed by atoms with Crippen molar-refractivity contribution in [3.63, 3.8) is 0 Å². The molecule has 1 heterocycles. The second-order valence-electron chi connectivity index (χ2n) is 4.19. The number of carboxylic acids is 1. The van der Waals surface area contributed by atoms with Crippen LogP contribution in [0.1, 0.15) is 16.1 Å². The molecule has 0 aliphatic carbocycles. The van der Waals surface area contributed by atoms with Gasteiger partial charge in [-0.15, -0.1) is 11.3 Å². The zero-order chi connectivity index (χ0) is 15.6. The first-order valence-corrected chi connectivity index (χ1v) is 8.07. The average Bonchev–Trinajstić information content (AvgIpc) is 2.91. The molecule has 0 bridgehead atoms. The van der Waals surface area contributed by atoms with Crippen LogP contribution in [0.3, 0.4) is 0 Å². The SMILES string of the molecule is CN(Cc1cscn1)S(=O)(=O)c1cc(C(=O)O)ccc1F. The summed E-state index contributed by atoms with van der Waals surface area (Å²) in [5.74, 6) is -2.32. The van der Waals surface area contributed by atoms with Gasteiger partial charge in [-0.25, -0.2) is 22.6 Å². The highest BCUT2D eigenvalue weighted by atomic mass is 32.2. The van der Waals surface area contributed by atoms with Crippen LogP contribution in [0.4, 0.5) is 4.39 Å². The van der Waals surface area contributed by atoms with Crippen molar-refractivity contribution < 1.29 is 22.7 Å². The van der Waals surface area contributed by atoms with Gasteiger partial charge in [-0.05, 0) is 18.2 Å². The highest BCUT2D eigenvalue weighted by molar-refractivity contribution is 7.89. The zero-order valence-electron chi connectivity index (χ0n) is 10.9. The smallest absolute Gasteiger partial charge is 0.335 e. The molecule has 112 valence electrons. The number of hydrogen-bond donors (Lipinski definition) is 1. The third-order valence-corrected chi connectivity index (χ3v) is 5.19. The van der Waals surface area contributed by atoms with Gasteiger partial charge in [0.25, 0.3) is 0 Å². The predicted molar refractivity (Wildman–Crippen MR) is 74.1 cm³/mol. The quantitative estimate of drug-likeness (QED) is 0.903. The highest BCUT2D eigenvalue weighted by Crippen LogP contribution is 2.21. The monoisotopic (exact) mass is 330 g/mol. The number of thiazole rings is 1. The van der Waals surface area contributed by atoms with Crippen molar-refractivity contribution in [2.75, 3.05) is 7.05 Å². The summed E-state index contributed by atoms with van der Waals surface area (Å²) in [5.41, 5.74) is 1.79. The van der Waals surface area contributed by atoms with Gasteiger partial charge in [0, 0.05) is 12.4 Å². The molecule has 6 nitrogen and oxygen atoms in total. The number of halogens is 1. The standard InChI is InChI=1S/C12H11FN2O4S2/c1-15(5-9-6-20-7-14-9)21(18,19)11-4-8(12(16)17)2-3-10(11)13/h2-4,6-7H,5H2,1H3,(H,16,17). The maximum Gasteiger partial charge on any atom is 0.335 e. The molecule has 9 heteroatoms. The fourth-order valence-electron chi connectivity index (χ4n) is 1.63. The summed E-state index contributed by atoms with van der Waals surface area (Å²) in [6, 6.07) is 2.65. The second-order valence-corrected chi connectivity index (χ2v) is 6.92. The van der Waals surface area contributed by atoms with Crippen LogP contribution in [0.25, 0.3) is 0 Å². The summed E-state index contributed by atoms with van der Waals surface area (Å²) < 4.78 is 39.3. The Bertz CT molecular complexity index is 760. The molecule has 1 N–H and O–H groups in total. The zero-order valence-corrected chi connectivity index (χ0v) is 12.5. The van der Waals surface area contributed by atoms with Crippen LogP contribution in [0, 0.1) is 5.82 Å². The van der Waals surface area contributed by atoms with Gasteiger partial charge >= 0.3 is 5.97 Å². The van der Waals surface area contributed by atoms with Gasteiger partial charge in [0.05, 0.1) is 23.3 Å². The van der Waals surface area contributed by atoms with E-state index in [9.17, 15) is 17.6 Å². The van der Waals surface area contributed by atoms with Crippen LogP contribution in [0.15, 0.2) is 34.0 Å². The lowest BCUT2D eigenvalue weighted by atomic mass is 10.2. The number of carboxylic acid groups (broad SMARTS) is 1. The van der Waals surface area contributed by atoms with Gasteiger partial charge < -0.3 is 5.11 Å². The van der Waals surface area contributed by atoms with Crippen LogP contribution in [-0.4, -0.2) is 35.8 Å². The number of carbonyl (C=O) groups is 1. The number of sulfonamides is 1. The first-order chi connectivity index (χ1) is 9.82. The summed E-state index contributed by atoms with van der Waals surface area (Å²) >= 11 is 1.31. The van der Waals surface area contributed by atoms with Crippen molar-refractivity contribution >= 4 is 27.3 Å². The number of benzene rings is 1. The third-order valence-electron chi connectivity index (χ3n) is 2.73. The second kappa shape index (κ2) is 5.88. The minimum atomic E-state index is -4.14. The number of rotatable bonds is 5. The van der Waals surface area contributed by atoms with E-state index >= 15 is 0 Å². The molecule has 0 amide bonds. The molecule has 1 aromatic carbocycles. The van der Waals surface area contributed by atoms with Crippen LogP contribution >= 0.6 is 11.3 Å². The Morgan fingerprint density at radius 3 is 2.76 bits per heavy atom. The molecule has 0 unspecified atom stereocenters. The highest BCUT2D eigenvalue weighted by Gasteiger charge is 2.26. The van der Waals surface area contributed by atoms with Gasteiger partial charge in [0.15, 0.2) is 0 Å². The Labute approximate surface area is 124 Å². The summed E-state index contributed by atoms with van der Waals surface area (Å²) in [6.45, 7) is -0.0252. The molecule has 1 aromatic heterocycles. The Balaban J connectivity index is 2.38. The van der Waals surface area contributed by atoms with Crippen LogP contribution < -0.4 is 0 Å². The van der Waals surface area contributed by atoms with E-state index in [1.54, 1.807) is 10.9 Å². The summed E-state index contributed by atoms with van der Waals surface area (Å²) in [7, 11) is -2.86. The first kappa shape index (κ1) is 15.5. The van der Waals surface area contributed by atoms with Crippen LogP contribution in [-0.2, 0) is 16.6 Å². The predicted octanol–water partition coefficient (Wildman–Crippen LogP) is 1.80. The minimum Gasteiger partial charge on any atom is -0.478 e. The van der Waals surface area contributed by atoms with Gasteiger partial charge in [-0.3, -0.25) is 0 Å². The lowest BCUT2D eigenvalue weighted by Gasteiger charge is -2.16. The van der Waals surface area contributed by atoms with Crippen LogP contribution in [0.2, 0.25) is 0 Å². The first-order valence-electron chi connectivity index (χ1n) is 5.68. The maximum absolute atomic E-state index is 13.8. The maximum atomic E-state index is 13.8. The topological polar surface area (TPSA) is 87.6 Å². The largest absolute Gasteiger partial charge is 0.478 e. The van der Waals surface area contributed by atoms with E-state index in [1.807, 2.05) is 0 Å². The Kier molecular flexibility index (Phi) is 4.35. The summed E-state index contributed by atoms with van der Waals surface area (Å²) in [5, 5.41) is 10.5. The lowest BCUT2D eigenvalue weighted by Crippen LogP contribution is -2.27. The van der Waals surface area contributed by atoms with Crippen molar-refractivity contribution in [3.05, 3.63) is 46.2 Å². The molecule has 0 spiro atoms. The average molecular weight is 330 g/mol. The van der Waals surface area contributed by atoms with E-state index in [0.29, 0.717) is 5.69 Å². The van der Waals surface area contributed by atoms with E-state index in [-0.39, 0.29) is 12.1 Å². The Morgan fingerprint density at radius 1 is 1.48 bits per heavy atom. The number of nitrogens with zero attached hydrogens (tertiary/aromatic N) is 2. The van der Waals surface area contributed by atoms with Gasteiger partial charge in [0.2, 0.25) is 10.0 Å². The van der Waals surface area contributed by atoms with Gasteiger partial charge in [-0.2, -0.15) is 4.31 Å². The minimum absolute atomic E-state index is 0.0252. The van der Waals surface area contributed by atoms with E-state index < -0.39 is 26.7 Å². The van der Waals surface area contributed by atoms with Crippen molar-refractivity contribution in [3.8, 4) is 0 Å². The molecule has 2 rings (SSSR count). The molecule has 0 saturated heterocycles. The molecule has 21 heavy (non-hydrogen) atoms. The number of aromatic carboxylic acids is 1. The van der Waals surface area contributed by atoms with E-state index in [0.717, 1.165) is 22.5 Å². The summed E-state index contributed by atoms with van der Waals surface area (Å²) in [4.78, 5) is 14.2. The van der Waals surface area contributed by atoms with Crippen LogP contribution in [0.5, 0.6) is 0 Å². The Hall–Kier alpha value is -1.84. The van der Waals surface area contributed by atoms with Crippen molar-refractivity contribution in [2.45, 2.75) is 11.4 Å². The third kappa shape index (κ3) is 3.26. The van der Waals surface area contributed by atoms with E-state index in [1.165, 1.54) is 18.4 Å². The molecule has 0 saturated carbocycles. The molecular weight excluding hydrogens is 319 g/mol. The fourth-order valence-corrected chi connectivity index (χ4v) is 3.41. The summed E-state index contributed by atoms with van der Waals surface area (Å²) in [6.07, 6.45) is 0. The molecule has 0 atom stereocenters. The molecule has 2 aromatic rings. The van der Waals surface area contributed by atoms with E-state index in [2.05, 4.69) is 4.98 Å². The van der Waals surface area contributed by atoms with Gasteiger partial charge in [-0.1, -0.05) is 0 Å². The van der Waals surface area contributed by atoms with E-state index in [4.69, 9.17) is 5.11 Å². The number of aromatic nitrogens is 1. The fraction of sp³-hybridized carbons (Fsp3) is 0.167.